The van der Waals surface area contributed by atoms with Gasteiger partial charge in [-0.3, -0.25) is 14.4 Å². The monoisotopic (exact) mass is 324 g/mol. The molecule has 0 bridgehead atoms. The molecule has 7 nitrogen and oxygen atoms in total. The van der Waals surface area contributed by atoms with Gasteiger partial charge >= 0.3 is 5.97 Å². The number of imide groups is 1. The molecule has 0 unspecified atom stereocenters. The maximum atomic E-state index is 12.5. The topological polar surface area (TPSA) is 104 Å². The molecule has 2 N–H and O–H groups in total. The Morgan fingerprint density at radius 3 is 2.08 bits per heavy atom. The van der Waals surface area contributed by atoms with E-state index in [9.17, 15) is 24.3 Å². The maximum absolute atomic E-state index is 12.5. The number of benzene rings is 2. The molecule has 0 aromatic heterocycles. The van der Waals surface area contributed by atoms with Crippen LogP contribution in [-0.4, -0.2) is 28.8 Å². The van der Waals surface area contributed by atoms with E-state index >= 15 is 0 Å². The fraction of sp³-hybridized carbons (Fsp3) is 0.0588. The zero-order valence-corrected chi connectivity index (χ0v) is 12.6. The highest BCUT2D eigenvalue weighted by atomic mass is 16.4. The van der Waals surface area contributed by atoms with E-state index in [4.69, 9.17) is 0 Å². The number of aromatic carboxylic acids is 1. The van der Waals surface area contributed by atoms with Crippen molar-refractivity contribution in [1.29, 1.82) is 0 Å². The van der Waals surface area contributed by atoms with Gasteiger partial charge in [0.1, 0.15) is 0 Å². The highest BCUT2D eigenvalue weighted by Gasteiger charge is 2.38. The first kappa shape index (κ1) is 15.4. The predicted molar refractivity (Wildman–Crippen MR) is 85.3 cm³/mol. The molecule has 2 aromatic carbocycles. The molecule has 120 valence electrons. The van der Waals surface area contributed by atoms with Crippen LogP contribution < -0.4 is 10.2 Å². The van der Waals surface area contributed by atoms with Crippen LogP contribution in [0.1, 0.15) is 38.0 Å². The number of carbonyl (C=O) groups is 4. The molecule has 7 heteroatoms. The zero-order chi connectivity index (χ0) is 17.4. The van der Waals surface area contributed by atoms with E-state index in [1.165, 1.54) is 37.3 Å². The van der Waals surface area contributed by atoms with Gasteiger partial charge < -0.3 is 10.4 Å². The number of nitrogens with one attached hydrogen (secondary N) is 1. The largest absolute Gasteiger partial charge is 0.478 e. The van der Waals surface area contributed by atoms with Crippen molar-refractivity contribution < 1.29 is 24.3 Å². The second-order valence-corrected chi connectivity index (χ2v) is 5.21. The van der Waals surface area contributed by atoms with Crippen LogP contribution in [0.5, 0.6) is 0 Å². The Hall–Kier alpha value is -3.48. The third-order valence-electron chi connectivity index (χ3n) is 3.58. The lowest BCUT2D eigenvalue weighted by Crippen LogP contribution is -2.31. The second-order valence-electron chi connectivity index (χ2n) is 5.21. The Bertz CT molecular complexity index is 869. The first-order chi connectivity index (χ1) is 11.4. The van der Waals surface area contributed by atoms with Crippen LogP contribution >= 0.6 is 0 Å². The van der Waals surface area contributed by atoms with Gasteiger partial charge in [-0.25, -0.2) is 9.69 Å². The highest BCUT2D eigenvalue weighted by Crippen LogP contribution is 2.32. The molecule has 1 aliphatic rings. The standard InChI is InChI=1S/C17H12N2O5/c1-9(20)18-10-6-7-14(13(8-10)17(23)24)19-15(21)11-4-2-3-5-12(11)16(19)22/h2-8H,1H3,(H,18,20)(H,23,24). The Balaban J connectivity index is 2.10. The van der Waals surface area contributed by atoms with Gasteiger partial charge in [0.15, 0.2) is 0 Å². The summed E-state index contributed by atoms with van der Waals surface area (Å²) < 4.78 is 0. The first-order valence-corrected chi connectivity index (χ1v) is 7.03. The molecule has 0 saturated carbocycles. The van der Waals surface area contributed by atoms with Crippen molar-refractivity contribution in [3.63, 3.8) is 0 Å². The summed E-state index contributed by atoms with van der Waals surface area (Å²) in [5.41, 5.74) is 0.424. The Morgan fingerprint density at radius 1 is 1.00 bits per heavy atom. The summed E-state index contributed by atoms with van der Waals surface area (Å²) in [4.78, 5) is 48.5. The SMILES string of the molecule is CC(=O)Nc1ccc(N2C(=O)c3ccccc3C2=O)c(C(=O)O)c1. The zero-order valence-electron chi connectivity index (χ0n) is 12.6. The average molecular weight is 324 g/mol. The molecule has 0 aliphatic carbocycles. The van der Waals surface area contributed by atoms with Gasteiger partial charge in [-0.15, -0.1) is 0 Å². The molecule has 0 spiro atoms. The smallest absolute Gasteiger partial charge is 0.337 e. The summed E-state index contributed by atoms with van der Waals surface area (Å²) in [5.74, 6) is -2.83. The number of carboxylic acids is 1. The summed E-state index contributed by atoms with van der Waals surface area (Å²) in [6, 6.07) is 10.3. The molecule has 1 heterocycles. The third kappa shape index (κ3) is 2.41. The predicted octanol–water partition coefficient (Wildman–Crippen LogP) is 2.14. The number of anilines is 2. The van der Waals surface area contributed by atoms with Gasteiger partial charge in [0, 0.05) is 12.6 Å². The number of fused-ring (bicyclic) bond motifs is 1. The first-order valence-electron chi connectivity index (χ1n) is 7.03. The highest BCUT2D eigenvalue weighted by molar-refractivity contribution is 6.35. The van der Waals surface area contributed by atoms with Gasteiger partial charge in [0.25, 0.3) is 11.8 Å². The fourth-order valence-electron chi connectivity index (χ4n) is 2.59. The summed E-state index contributed by atoms with van der Waals surface area (Å²) in [6.07, 6.45) is 0. The molecule has 3 amide bonds. The summed E-state index contributed by atoms with van der Waals surface area (Å²) in [7, 11) is 0. The van der Waals surface area contributed by atoms with Gasteiger partial charge in [0.2, 0.25) is 5.91 Å². The molecule has 2 aromatic rings. The van der Waals surface area contributed by atoms with Crippen LogP contribution in [0, 0.1) is 0 Å². The summed E-state index contributed by atoms with van der Waals surface area (Å²) in [5, 5.41) is 11.9. The van der Waals surface area contributed by atoms with Crippen LogP contribution in [0.4, 0.5) is 11.4 Å². The summed E-state index contributed by atoms with van der Waals surface area (Å²) >= 11 is 0. The van der Waals surface area contributed by atoms with Crippen molar-refractivity contribution in [2.45, 2.75) is 6.92 Å². The van der Waals surface area contributed by atoms with Crippen molar-refractivity contribution in [3.05, 3.63) is 59.2 Å². The number of carboxylic acid groups (broad SMARTS) is 1. The Labute approximate surface area is 136 Å². The molecule has 24 heavy (non-hydrogen) atoms. The van der Waals surface area contributed by atoms with E-state index in [0.29, 0.717) is 0 Å². The molecular formula is C17H12N2O5. The lowest BCUT2D eigenvalue weighted by Gasteiger charge is -2.17. The van der Waals surface area contributed by atoms with E-state index in [1.54, 1.807) is 12.1 Å². The van der Waals surface area contributed by atoms with Crippen molar-refractivity contribution in [2.24, 2.45) is 0 Å². The van der Waals surface area contributed by atoms with E-state index in [0.717, 1.165) is 4.90 Å². The maximum Gasteiger partial charge on any atom is 0.337 e. The molecule has 0 radical (unpaired) electrons. The van der Waals surface area contributed by atoms with Crippen molar-refractivity contribution in [3.8, 4) is 0 Å². The summed E-state index contributed by atoms with van der Waals surface area (Å²) in [6.45, 7) is 1.29. The van der Waals surface area contributed by atoms with Crippen LogP contribution in [0.25, 0.3) is 0 Å². The lowest BCUT2D eigenvalue weighted by atomic mass is 10.1. The Morgan fingerprint density at radius 2 is 1.58 bits per heavy atom. The van der Waals surface area contributed by atoms with Crippen molar-refractivity contribution >= 4 is 35.1 Å². The van der Waals surface area contributed by atoms with Crippen LogP contribution in [-0.2, 0) is 4.79 Å². The number of hydrogen-bond acceptors (Lipinski definition) is 4. The Kier molecular flexibility index (Phi) is 3.61. The van der Waals surface area contributed by atoms with Crippen molar-refractivity contribution in [2.75, 3.05) is 10.2 Å². The lowest BCUT2D eigenvalue weighted by molar-refractivity contribution is -0.114. The van der Waals surface area contributed by atoms with Gasteiger partial charge in [0.05, 0.1) is 22.4 Å². The normalized spacial score (nSPS) is 13.0. The number of rotatable bonds is 3. The number of nitrogens with zero attached hydrogens (tertiary/aromatic N) is 1. The second kappa shape index (κ2) is 5.62. The number of amides is 3. The van der Waals surface area contributed by atoms with Gasteiger partial charge in [-0.1, -0.05) is 12.1 Å². The van der Waals surface area contributed by atoms with Gasteiger partial charge in [-0.2, -0.15) is 0 Å². The number of carbonyl (C=O) groups excluding carboxylic acids is 3. The van der Waals surface area contributed by atoms with E-state index in [1.807, 2.05) is 0 Å². The van der Waals surface area contributed by atoms with Crippen LogP contribution in [0.3, 0.4) is 0 Å². The van der Waals surface area contributed by atoms with E-state index in [2.05, 4.69) is 5.32 Å². The fourth-order valence-corrected chi connectivity index (χ4v) is 2.59. The third-order valence-corrected chi connectivity index (χ3v) is 3.58. The van der Waals surface area contributed by atoms with E-state index < -0.39 is 17.8 Å². The minimum Gasteiger partial charge on any atom is -0.478 e. The molecule has 3 rings (SSSR count). The van der Waals surface area contributed by atoms with Crippen molar-refractivity contribution in [1.82, 2.24) is 0 Å². The minimum absolute atomic E-state index is 0.0391. The van der Waals surface area contributed by atoms with Gasteiger partial charge in [-0.05, 0) is 30.3 Å². The minimum atomic E-state index is -1.31. The van der Waals surface area contributed by atoms with Crippen LogP contribution in [0.15, 0.2) is 42.5 Å². The van der Waals surface area contributed by atoms with Crippen LogP contribution in [0.2, 0.25) is 0 Å². The molecule has 0 atom stereocenters. The number of hydrogen-bond donors (Lipinski definition) is 2. The molecule has 1 aliphatic heterocycles. The molecule has 0 fully saturated rings. The average Bonchev–Trinajstić information content (AvgIpc) is 2.79. The molecule has 0 saturated heterocycles. The van der Waals surface area contributed by atoms with E-state index in [-0.39, 0.29) is 34.0 Å². The quantitative estimate of drug-likeness (QED) is 0.842. The molecular weight excluding hydrogens is 312 g/mol.